The predicted molar refractivity (Wildman–Crippen MR) is 71.3 cm³/mol. The average molecular weight is 257 g/mol. The van der Waals surface area contributed by atoms with Crippen molar-refractivity contribution in [2.75, 3.05) is 24.1 Å². The minimum Gasteiger partial charge on any atom is -0.382 e. The fourth-order valence-electron chi connectivity index (χ4n) is 1.13. The lowest BCUT2D eigenvalue weighted by atomic mass is 10.1. The van der Waals surface area contributed by atoms with Crippen LogP contribution < -0.4 is 22.1 Å². The van der Waals surface area contributed by atoms with E-state index in [1.54, 1.807) is 0 Å². The Bertz CT molecular complexity index is 396. The highest BCUT2D eigenvalue weighted by atomic mass is 32.1. The summed E-state index contributed by atoms with van der Waals surface area (Å²) < 4.78 is 0. The number of hydrogen-bond acceptors (Lipinski definition) is 6. The third kappa shape index (κ3) is 4.20. The molecular weight excluding hydrogens is 238 g/mol. The molecule has 1 amide bonds. The summed E-state index contributed by atoms with van der Waals surface area (Å²) in [4.78, 5) is 16.2. The Labute approximate surface area is 105 Å². The zero-order valence-corrected chi connectivity index (χ0v) is 11.1. The number of thiazole rings is 1. The fourth-order valence-corrected chi connectivity index (χ4v) is 2.14. The van der Waals surface area contributed by atoms with Gasteiger partial charge in [0.05, 0.1) is 0 Å². The Morgan fingerprint density at radius 1 is 1.47 bits per heavy atom. The molecule has 0 fully saturated rings. The molecule has 17 heavy (non-hydrogen) atoms. The molecular formula is C10H19N5OS. The SMILES string of the molecule is CC(C)(C)Nc1nc(N)c(C(=O)NCCN)s1. The van der Waals surface area contributed by atoms with Crippen LogP contribution in [0, 0.1) is 0 Å². The number of hydrogen-bond donors (Lipinski definition) is 4. The quantitative estimate of drug-likeness (QED) is 0.633. The second kappa shape index (κ2) is 5.33. The van der Waals surface area contributed by atoms with Gasteiger partial charge in [0.2, 0.25) is 0 Å². The zero-order valence-electron chi connectivity index (χ0n) is 10.3. The standard InChI is InChI=1S/C10H19N5OS/c1-10(2,3)15-9-14-7(12)6(17-9)8(16)13-5-4-11/h4-5,11-12H2,1-3H3,(H,13,16)(H,14,15). The number of nitrogen functional groups attached to an aromatic ring is 1. The minimum absolute atomic E-state index is 0.116. The molecule has 7 heteroatoms. The van der Waals surface area contributed by atoms with E-state index in [2.05, 4.69) is 15.6 Å². The third-order valence-corrected chi connectivity index (χ3v) is 2.76. The molecule has 6 N–H and O–H groups in total. The van der Waals surface area contributed by atoms with Crippen molar-refractivity contribution in [3.8, 4) is 0 Å². The number of carbonyl (C=O) groups excluding carboxylic acids is 1. The summed E-state index contributed by atoms with van der Waals surface area (Å²) in [7, 11) is 0. The highest BCUT2D eigenvalue weighted by Gasteiger charge is 2.18. The van der Waals surface area contributed by atoms with E-state index in [1.165, 1.54) is 11.3 Å². The van der Waals surface area contributed by atoms with E-state index >= 15 is 0 Å². The van der Waals surface area contributed by atoms with Crippen molar-refractivity contribution in [1.82, 2.24) is 10.3 Å². The lowest BCUT2D eigenvalue weighted by Crippen LogP contribution is -2.28. The van der Waals surface area contributed by atoms with E-state index in [-0.39, 0.29) is 17.3 Å². The summed E-state index contributed by atoms with van der Waals surface area (Å²) in [6.45, 7) is 6.87. The number of carbonyl (C=O) groups is 1. The van der Waals surface area contributed by atoms with Crippen molar-refractivity contribution < 1.29 is 4.79 Å². The maximum atomic E-state index is 11.7. The van der Waals surface area contributed by atoms with Crippen LogP contribution in [-0.2, 0) is 0 Å². The van der Waals surface area contributed by atoms with Crippen LogP contribution >= 0.6 is 11.3 Å². The fraction of sp³-hybridized carbons (Fsp3) is 0.600. The van der Waals surface area contributed by atoms with Gasteiger partial charge in [-0.1, -0.05) is 11.3 Å². The van der Waals surface area contributed by atoms with Crippen molar-refractivity contribution in [2.45, 2.75) is 26.3 Å². The minimum atomic E-state index is -0.229. The molecule has 0 aliphatic heterocycles. The van der Waals surface area contributed by atoms with Gasteiger partial charge in [-0.3, -0.25) is 4.79 Å². The average Bonchev–Trinajstić information content (AvgIpc) is 2.53. The molecule has 0 aliphatic carbocycles. The van der Waals surface area contributed by atoms with E-state index < -0.39 is 0 Å². The van der Waals surface area contributed by atoms with Crippen molar-refractivity contribution in [1.29, 1.82) is 0 Å². The van der Waals surface area contributed by atoms with E-state index in [4.69, 9.17) is 11.5 Å². The Balaban J connectivity index is 2.78. The molecule has 0 aliphatic rings. The van der Waals surface area contributed by atoms with Crippen molar-refractivity contribution in [2.24, 2.45) is 5.73 Å². The molecule has 0 atom stereocenters. The van der Waals surface area contributed by atoms with Crippen molar-refractivity contribution >= 4 is 28.2 Å². The summed E-state index contributed by atoms with van der Waals surface area (Å²) in [5, 5.41) is 6.49. The maximum Gasteiger partial charge on any atom is 0.265 e. The van der Waals surface area contributed by atoms with Gasteiger partial charge in [-0.15, -0.1) is 0 Å². The largest absolute Gasteiger partial charge is 0.382 e. The number of rotatable bonds is 4. The van der Waals surface area contributed by atoms with Crippen molar-refractivity contribution in [3.63, 3.8) is 0 Å². The molecule has 0 saturated carbocycles. The second-order valence-electron chi connectivity index (χ2n) is 4.65. The molecule has 6 nitrogen and oxygen atoms in total. The first-order valence-electron chi connectivity index (χ1n) is 5.36. The summed E-state index contributed by atoms with van der Waals surface area (Å²) in [5.74, 6) is 0.0173. The lowest BCUT2D eigenvalue weighted by molar-refractivity contribution is 0.0959. The molecule has 0 unspecified atom stereocenters. The lowest BCUT2D eigenvalue weighted by Gasteiger charge is -2.19. The van der Waals surface area contributed by atoms with Crippen molar-refractivity contribution in [3.05, 3.63) is 4.88 Å². The monoisotopic (exact) mass is 257 g/mol. The Hall–Kier alpha value is -1.34. The first-order chi connectivity index (χ1) is 7.83. The first-order valence-corrected chi connectivity index (χ1v) is 6.18. The smallest absolute Gasteiger partial charge is 0.265 e. The molecule has 1 rings (SSSR count). The zero-order chi connectivity index (χ0) is 13.1. The molecule has 1 aromatic heterocycles. The molecule has 96 valence electrons. The number of amides is 1. The van der Waals surface area contributed by atoms with Crippen LogP contribution in [0.1, 0.15) is 30.4 Å². The molecule has 0 radical (unpaired) electrons. The molecule has 1 heterocycles. The van der Waals surface area contributed by atoms with Crippen LogP contribution in [0.4, 0.5) is 10.9 Å². The van der Waals surface area contributed by atoms with E-state index in [0.29, 0.717) is 23.1 Å². The van der Waals surface area contributed by atoms with Gasteiger partial charge in [0, 0.05) is 18.6 Å². The third-order valence-electron chi connectivity index (χ3n) is 1.77. The topological polar surface area (TPSA) is 106 Å². The second-order valence-corrected chi connectivity index (χ2v) is 5.65. The normalized spacial score (nSPS) is 11.3. The van der Waals surface area contributed by atoms with E-state index in [1.807, 2.05) is 20.8 Å². The van der Waals surface area contributed by atoms with E-state index in [0.717, 1.165) is 0 Å². The Kier molecular flexibility index (Phi) is 4.30. The summed E-state index contributed by atoms with van der Waals surface area (Å²) in [6, 6.07) is 0. The summed E-state index contributed by atoms with van der Waals surface area (Å²) in [5.41, 5.74) is 10.9. The number of nitrogens with zero attached hydrogens (tertiary/aromatic N) is 1. The van der Waals surface area contributed by atoms with Gasteiger partial charge in [-0.25, -0.2) is 4.98 Å². The molecule has 0 aromatic carbocycles. The number of anilines is 2. The Morgan fingerprint density at radius 2 is 2.12 bits per heavy atom. The van der Waals surface area contributed by atoms with Crippen LogP contribution in [0.15, 0.2) is 0 Å². The highest BCUT2D eigenvalue weighted by Crippen LogP contribution is 2.26. The summed E-state index contributed by atoms with van der Waals surface area (Å²) >= 11 is 1.24. The van der Waals surface area contributed by atoms with Gasteiger partial charge < -0.3 is 22.1 Å². The van der Waals surface area contributed by atoms with Gasteiger partial charge in [-0.05, 0) is 20.8 Å². The number of nitrogens with one attached hydrogen (secondary N) is 2. The van der Waals surface area contributed by atoms with E-state index in [9.17, 15) is 4.79 Å². The van der Waals surface area contributed by atoms with Gasteiger partial charge in [0.1, 0.15) is 10.7 Å². The first kappa shape index (κ1) is 13.7. The van der Waals surface area contributed by atoms with Crippen LogP contribution in [-0.4, -0.2) is 29.5 Å². The van der Waals surface area contributed by atoms with Gasteiger partial charge in [-0.2, -0.15) is 0 Å². The molecule has 0 spiro atoms. The van der Waals surface area contributed by atoms with Gasteiger partial charge in [0.15, 0.2) is 5.13 Å². The molecule has 0 saturated heterocycles. The predicted octanol–water partition coefficient (Wildman–Crippen LogP) is 0.624. The molecule has 1 aromatic rings. The van der Waals surface area contributed by atoms with Crippen LogP contribution in [0.2, 0.25) is 0 Å². The van der Waals surface area contributed by atoms with Crippen LogP contribution in [0.3, 0.4) is 0 Å². The molecule has 0 bridgehead atoms. The van der Waals surface area contributed by atoms with Crippen LogP contribution in [0.5, 0.6) is 0 Å². The number of nitrogens with two attached hydrogens (primary N) is 2. The Morgan fingerprint density at radius 3 is 2.65 bits per heavy atom. The highest BCUT2D eigenvalue weighted by molar-refractivity contribution is 7.18. The van der Waals surface area contributed by atoms with Gasteiger partial charge >= 0.3 is 0 Å². The number of aromatic nitrogens is 1. The van der Waals surface area contributed by atoms with Crippen LogP contribution in [0.25, 0.3) is 0 Å². The summed E-state index contributed by atoms with van der Waals surface area (Å²) in [6.07, 6.45) is 0. The maximum absolute atomic E-state index is 11.7. The van der Waals surface area contributed by atoms with Gasteiger partial charge in [0.25, 0.3) is 5.91 Å².